The quantitative estimate of drug-likeness (QED) is 0.738. The van der Waals surface area contributed by atoms with E-state index in [0.29, 0.717) is 24.7 Å². The molecule has 1 aromatic heterocycles. The molecule has 0 spiro atoms. The number of hydrogen-bond acceptors (Lipinski definition) is 6. The summed E-state index contributed by atoms with van der Waals surface area (Å²) in [6.07, 6.45) is 3.55. The lowest BCUT2D eigenvalue weighted by molar-refractivity contribution is 0.0980. The Morgan fingerprint density at radius 3 is 2.97 bits per heavy atom. The van der Waals surface area contributed by atoms with E-state index in [1.54, 1.807) is 12.3 Å². The van der Waals surface area contributed by atoms with Gasteiger partial charge in [-0.2, -0.15) is 0 Å². The van der Waals surface area contributed by atoms with Gasteiger partial charge in [-0.25, -0.2) is 9.97 Å². The maximum Gasteiger partial charge on any atom is 0.277 e. The first-order valence-electron chi connectivity index (χ1n) is 9.63. The van der Waals surface area contributed by atoms with Crippen LogP contribution in [0, 0.1) is 0 Å². The summed E-state index contributed by atoms with van der Waals surface area (Å²) < 4.78 is 10.7. The molecular formula is C22H20N4O3. The van der Waals surface area contributed by atoms with Gasteiger partial charge in [-0.05, 0) is 48.2 Å². The summed E-state index contributed by atoms with van der Waals surface area (Å²) in [7, 11) is 0. The Hall–Kier alpha value is -3.61. The van der Waals surface area contributed by atoms with Gasteiger partial charge in [0.05, 0.1) is 0 Å². The molecular weight excluding hydrogens is 368 g/mol. The van der Waals surface area contributed by atoms with Crippen LogP contribution in [0.5, 0.6) is 11.5 Å². The smallest absolute Gasteiger partial charge is 0.277 e. The Kier molecular flexibility index (Phi) is 4.48. The van der Waals surface area contributed by atoms with E-state index >= 15 is 0 Å². The Balaban J connectivity index is 1.32. The summed E-state index contributed by atoms with van der Waals surface area (Å²) in [5.41, 5.74) is 3.56. The van der Waals surface area contributed by atoms with Gasteiger partial charge >= 0.3 is 0 Å². The first-order valence-corrected chi connectivity index (χ1v) is 9.63. The lowest BCUT2D eigenvalue weighted by Crippen LogP contribution is -2.36. The van der Waals surface area contributed by atoms with Crippen LogP contribution >= 0.6 is 0 Å². The number of benzene rings is 2. The second kappa shape index (κ2) is 7.43. The zero-order valence-electron chi connectivity index (χ0n) is 15.8. The van der Waals surface area contributed by atoms with Gasteiger partial charge < -0.3 is 19.7 Å². The fraction of sp³-hybridized carbons (Fsp3) is 0.227. The minimum Gasteiger partial charge on any atom is -0.454 e. The number of anilines is 2. The number of nitrogens with one attached hydrogen (secondary N) is 1. The van der Waals surface area contributed by atoms with Crippen molar-refractivity contribution in [2.45, 2.75) is 19.4 Å². The maximum atomic E-state index is 13.1. The second-order valence-corrected chi connectivity index (χ2v) is 7.00. The summed E-state index contributed by atoms with van der Waals surface area (Å²) >= 11 is 0. The Morgan fingerprint density at radius 2 is 2.00 bits per heavy atom. The van der Waals surface area contributed by atoms with Crippen LogP contribution in [-0.2, 0) is 13.0 Å². The largest absolute Gasteiger partial charge is 0.454 e. The first kappa shape index (κ1) is 17.5. The Morgan fingerprint density at radius 1 is 1.10 bits per heavy atom. The Labute approximate surface area is 168 Å². The SMILES string of the molecule is O=C(c1ccnc(NCc2ccc3c(c2)OCO3)n1)N1CCCc2ccccc21. The van der Waals surface area contributed by atoms with Gasteiger partial charge in [-0.15, -0.1) is 0 Å². The average Bonchev–Trinajstić information content (AvgIpc) is 3.25. The van der Waals surface area contributed by atoms with Crippen LogP contribution in [-0.4, -0.2) is 29.2 Å². The number of fused-ring (bicyclic) bond motifs is 2. The number of hydrogen-bond donors (Lipinski definition) is 1. The lowest BCUT2D eigenvalue weighted by atomic mass is 10.0. The number of para-hydroxylation sites is 1. The van der Waals surface area contributed by atoms with E-state index in [4.69, 9.17) is 9.47 Å². The minimum atomic E-state index is -0.106. The van der Waals surface area contributed by atoms with Crippen LogP contribution in [0.25, 0.3) is 0 Å². The number of aryl methyl sites for hydroxylation is 1. The van der Waals surface area contributed by atoms with E-state index in [1.807, 2.05) is 41.3 Å². The molecule has 0 saturated heterocycles. The molecule has 0 fully saturated rings. The van der Waals surface area contributed by atoms with Crippen molar-refractivity contribution in [1.82, 2.24) is 9.97 Å². The fourth-order valence-corrected chi connectivity index (χ4v) is 3.68. The highest BCUT2D eigenvalue weighted by Crippen LogP contribution is 2.32. The number of nitrogens with zero attached hydrogens (tertiary/aromatic N) is 3. The standard InChI is InChI=1S/C22H20N4O3/c27-21(26-11-3-5-16-4-1-2-6-18(16)26)17-9-10-23-22(25-17)24-13-15-7-8-19-20(12-15)29-14-28-19/h1-2,4,6-10,12H,3,5,11,13-14H2,(H,23,24,25). The van der Waals surface area contributed by atoms with E-state index in [0.717, 1.165) is 35.6 Å². The molecule has 2 aliphatic rings. The fourth-order valence-electron chi connectivity index (χ4n) is 3.68. The van der Waals surface area contributed by atoms with Gasteiger partial charge in [0.15, 0.2) is 11.5 Å². The van der Waals surface area contributed by atoms with Gasteiger partial charge in [0.25, 0.3) is 5.91 Å². The molecule has 7 heteroatoms. The number of amides is 1. The van der Waals surface area contributed by atoms with Gasteiger partial charge in [0.1, 0.15) is 5.69 Å². The molecule has 3 heterocycles. The molecule has 5 rings (SSSR count). The van der Waals surface area contributed by atoms with Gasteiger partial charge in [0.2, 0.25) is 12.7 Å². The highest BCUT2D eigenvalue weighted by Gasteiger charge is 2.24. The van der Waals surface area contributed by atoms with Gasteiger partial charge in [-0.3, -0.25) is 4.79 Å². The van der Waals surface area contributed by atoms with Crippen LogP contribution in [0.3, 0.4) is 0 Å². The topological polar surface area (TPSA) is 76.6 Å². The number of ether oxygens (including phenoxy) is 2. The van der Waals surface area contributed by atoms with Crippen LogP contribution in [0.15, 0.2) is 54.7 Å². The predicted molar refractivity (Wildman–Crippen MR) is 108 cm³/mol. The third kappa shape index (κ3) is 3.47. The molecule has 0 bridgehead atoms. The van der Waals surface area contributed by atoms with Crippen LogP contribution < -0.4 is 19.7 Å². The monoisotopic (exact) mass is 388 g/mol. The number of rotatable bonds is 4. The molecule has 0 atom stereocenters. The summed E-state index contributed by atoms with van der Waals surface area (Å²) in [6, 6.07) is 15.5. The number of aromatic nitrogens is 2. The lowest BCUT2D eigenvalue weighted by Gasteiger charge is -2.29. The van der Waals surface area contributed by atoms with Crippen molar-refractivity contribution in [1.29, 1.82) is 0 Å². The molecule has 146 valence electrons. The molecule has 1 amide bonds. The number of carbonyl (C=O) groups excluding carboxylic acids is 1. The molecule has 29 heavy (non-hydrogen) atoms. The van der Waals surface area contributed by atoms with E-state index in [2.05, 4.69) is 21.4 Å². The van der Waals surface area contributed by atoms with E-state index in [9.17, 15) is 4.79 Å². The van der Waals surface area contributed by atoms with Crippen molar-refractivity contribution >= 4 is 17.5 Å². The normalized spacial score (nSPS) is 14.4. The van der Waals surface area contributed by atoms with Crippen molar-refractivity contribution in [3.8, 4) is 11.5 Å². The van der Waals surface area contributed by atoms with E-state index in [-0.39, 0.29) is 12.7 Å². The molecule has 3 aromatic rings. The molecule has 0 saturated carbocycles. The molecule has 0 radical (unpaired) electrons. The highest BCUT2D eigenvalue weighted by molar-refractivity contribution is 6.05. The van der Waals surface area contributed by atoms with Crippen molar-refractivity contribution in [2.75, 3.05) is 23.6 Å². The zero-order valence-corrected chi connectivity index (χ0v) is 15.8. The van der Waals surface area contributed by atoms with E-state index < -0.39 is 0 Å². The third-order valence-corrected chi connectivity index (χ3v) is 5.12. The molecule has 2 aliphatic heterocycles. The molecule has 2 aromatic carbocycles. The number of carbonyl (C=O) groups is 1. The summed E-state index contributed by atoms with van der Waals surface area (Å²) in [6.45, 7) is 1.46. The second-order valence-electron chi connectivity index (χ2n) is 7.00. The van der Waals surface area contributed by atoms with Crippen molar-refractivity contribution in [2.24, 2.45) is 0 Å². The third-order valence-electron chi connectivity index (χ3n) is 5.12. The molecule has 0 unspecified atom stereocenters. The van der Waals surface area contributed by atoms with Crippen LogP contribution in [0.4, 0.5) is 11.6 Å². The molecule has 0 aliphatic carbocycles. The van der Waals surface area contributed by atoms with E-state index in [1.165, 1.54) is 5.56 Å². The van der Waals surface area contributed by atoms with Crippen molar-refractivity contribution in [3.05, 3.63) is 71.5 Å². The highest BCUT2D eigenvalue weighted by atomic mass is 16.7. The predicted octanol–water partition coefficient (Wildman–Crippen LogP) is 3.41. The average molecular weight is 388 g/mol. The summed E-state index contributed by atoms with van der Waals surface area (Å²) in [5.74, 6) is 1.79. The first-order chi connectivity index (χ1) is 14.3. The zero-order chi connectivity index (χ0) is 19.6. The van der Waals surface area contributed by atoms with Gasteiger partial charge in [-0.1, -0.05) is 24.3 Å². The van der Waals surface area contributed by atoms with Crippen LogP contribution in [0.2, 0.25) is 0 Å². The Bertz CT molecular complexity index is 1070. The summed E-state index contributed by atoms with van der Waals surface area (Å²) in [4.78, 5) is 23.6. The maximum absolute atomic E-state index is 13.1. The van der Waals surface area contributed by atoms with Crippen LogP contribution in [0.1, 0.15) is 28.0 Å². The minimum absolute atomic E-state index is 0.106. The van der Waals surface area contributed by atoms with Crippen molar-refractivity contribution < 1.29 is 14.3 Å². The molecule has 7 nitrogen and oxygen atoms in total. The van der Waals surface area contributed by atoms with Crippen molar-refractivity contribution in [3.63, 3.8) is 0 Å². The summed E-state index contributed by atoms with van der Waals surface area (Å²) in [5, 5.41) is 3.18. The molecule has 1 N–H and O–H groups in total. The van der Waals surface area contributed by atoms with Gasteiger partial charge in [0, 0.05) is 25.0 Å².